The molecule has 2 nitrogen and oxygen atoms in total. The standard InChI is InChI=1S/C11H23NO/c1-4-5-12-11(8-13)6-10(7-11)9(2)3/h9-10,12-13H,4-8H2,1-3H3. The largest absolute Gasteiger partial charge is 0.394 e. The van der Waals surface area contributed by atoms with Gasteiger partial charge in [0.25, 0.3) is 0 Å². The normalized spacial score (nSPS) is 33.5. The van der Waals surface area contributed by atoms with Crippen LogP contribution in [-0.4, -0.2) is 23.8 Å². The van der Waals surface area contributed by atoms with Gasteiger partial charge in [0.15, 0.2) is 0 Å². The van der Waals surface area contributed by atoms with Crippen molar-refractivity contribution in [3.8, 4) is 0 Å². The number of aliphatic hydroxyl groups excluding tert-OH is 1. The first-order chi connectivity index (χ1) is 6.13. The molecule has 13 heavy (non-hydrogen) atoms. The lowest BCUT2D eigenvalue weighted by atomic mass is 9.64. The molecule has 0 saturated heterocycles. The second-order valence-corrected chi connectivity index (χ2v) is 4.78. The third-order valence-electron chi connectivity index (χ3n) is 3.30. The molecule has 2 N–H and O–H groups in total. The molecule has 1 aliphatic rings. The van der Waals surface area contributed by atoms with Crippen molar-refractivity contribution in [2.75, 3.05) is 13.2 Å². The van der Waals surface area contributed by atoms with Gasteiger partial charge in [-0.05, 0) is 37.6 Å². The highest BCUT2D eigenvalue weighted by molar-refractivity contribution is 5.01. The van der Waals surface area contributed by atoms with Crippen LogP contribution in [0.3, 0.4) is 0 Å². The quantitative estimate of drug-likeness (QED) is 0.684. The SMILES string of the molecule is CCCNC1(CO)CC(C(C)C)C1. The Bertz CT molecular complexity index is 150. The lowest BCUT2D eigenvalue weighted by Crippen LogP contribution is -2.59. The van der Waals surface area contributed by atoms with Gasteiger partial charge in [-0.3, -0.25) is 0 Å². The minimum Gasteiger partial charge on any atom is -0.394 e. The van der Waals surface area contributed by atoms with Gasteiger partial charge in [-0.1, -0.05) is 20.8 Å². The molecule has 0 aromatic heterocycles. The van der Waals surface area contributed by atoms with E-state index >= 15 is 0 Å². The summed E-state index contributed by atoms with van der Waals surface area (Å²) in [6, 6.07) is 0. The Morgan fingerprint density at radius 3 is 2.46 bits per heavy atom. The highest BCUT2D eigenvalue weighted by Crippen LogP contribution is 2.41. The predicted molar refractivity (Wildman–Crippen MR) is 55.7 cm³/mol. The zero-order valence-electron chi connectivity index (χ0n) is 9.14. The van der Waals surface area contributed by atoms with Crippen LogP contribution >= 0.6 is 0 Å². The van der Waals surface area contributed by atoms with Crippen molar-refractivity contribution < 1.29 is 5.11 Å². The van der Waals surface area contributed by atoms with Gasteiger partial charge in [-0.25, -0.2) is 0 Å². The van der Waals surface area contributed by atoms with Gasteiger partial charge < -0.3 is 10.4 Å². The molecular formula is C11H23NO. The molecule has 1 rings (SSSR count). The molecule has 1 saturated carbocycles. The average molecular weight is 185 g/mol. The number of hydrogen-bond acceptors (Lipinski definition) is 2. The van der Waals surface area contributed by atoms with Gasteiger partial charge in [-0.2, -0.15) is 0 Å². The van der Waals surface area contributed by atoms with Crippen molar-refractivity contribution in [1.82, 2.24) is 5.32 Å². The molecule has 1 fully saturated rings. The smallest absolute Gasteiger partial charge is 0.0613 e. The summed E-state index contributed by atoms with van der Waals surface area (Å²) < 4.78 is 0. The zero-order valence-corrected chi connectivity index (χ0v) is 9.14. The first-order valence-corrected chi connectivity index (χ1v) is 5.49. The molecule has 78 valence electrons. The fourth-order valence-electron chi connectivity index (χ4n) is 2.13. The molecule has 0 radical (unpaired) electrons. The summed E-state index contributed by atoms with van der Waals surface area (Å²) in [4.78, 5) is 0. The maximum absolute atomic E-state index is 9.30. The van der Waals surface area contributed by atoms with E-state index in [2.05, 4.69) is 26.1 Å². The Balaban J connectivity index is 2.31. The Morgan fingerprint density at radius 1 is 1.46 bits per heavy atom. The highest BCUT2D eigenvalue weighted by atomic mass is 16.3. The van der Waals surface area contributed by atoms with E-state index in [0.29, 0.717) is 6.61 Å². The molecule has 0 aliphatic heterocycles. The molecule has 0 aromatic carbocycles. The Labute approximate surface area is 81.7 Å². The van der Waals surface area contributed by atoms with Gasteiger partial charge >= 0.3 is 0 Å². The summed E-state index contributed by atoms with van der Waals surface area (Å²) in [5, 5.41) is 12.8. The Kier molecular flexibility index (Phi) is 3.74. The fourth-order valence-corrected chi connectivity index (χ4v) is 2.13. The molecular weight excluding hydrogens is 162 g/mol. The molecule has 0 heterocycles. The van der Waals surface area contributed by atoms with E-state index in [9.17, 15) is 5.11 Å². The minimum atomic E-state index is 0.0744. The molecule has 2 heteroatoms. The van der Waals surface area contributed by atoms with Crippen molar-refractivity contribution >= 4 is 0 Å². The Morgan fingerprint density at radius 2 is 2.08 bits per heavy atom. The van der Waals surface area contributed by atoms with Crippen LogP contribution in [0.15, 0.2) is 0 Å². The van der Waals surface area contributed by atoms with Crippen LogP contribution < -0.4 is 5.32 Å². The number of nitrogens with one attached hydrogen (secondary N) is 1. The summed E-state index contributed by atoms with van der Waals surface area (Å²) in [5.74, 6) is 1.58. The van der Waals surface area contributed by atoms with Gasteiger partial charge in [0.05, 0.1) is 6.61 Å². The van der Waals surface area contributed by atoms with Crippen molar-refractivity contribution in [3.05, 3.63) is 0 Å². The van der Waals surface area contributed by atoms with Crippen LogP contribution in [-0.2, 0) is 0 Å². The third kappa shape index (κ3) is 2.44. The number of hydrogen-bond donors (Lipinski definition) is 2. The molecule has 0 atom stereocenters. The summed E-state index contributed by atoms with van der Waals surface area (Å²) in [5.41, 5.74) is 0.0744. The first kappa shape index (κ1) is 11.0. The maximum atomic E-state index is 9.30. The lowest BCUT2D eigenvalue weighted by Gasteiger charge is -2.49. The van der Waals surface area contributed by atoms with E-state index in [4.69, 9.17) is 0 Å². The number of rotatable bonds is 5. The molecule has 0 unspecified atom stereocenters. The van der Waals surface area contributed by atoms with Gasteiger partial charge in [0.2, 0.25) is 0 Å². The summed E-state index contributed by atoms with van der Waals surface area (Å²) in [6.45, 7) is 8.04. The third-order valence-corrected chi connectivity index (χ3v) is 3.30. The van der Waals surface area contributed by atoms with E-state index in [1.165, 1.54) is 0 Å². The zero-order chi connectivity index (χ0) is 9.90. The van der Waals surface area contributed by atoms with Crippen LogP contribution in [0.5, 0.6) is 0 Å². The monoisotopic (exact) mass is 185 g/mol. The van der Waals surface area contributed by atoms with Crippen LogP contribution in [0, 0.1) is 11.8 Å². The summed E-state index contributed by atoms with van der Waals surface area (Å²) in [7, 11) is 0. The van der Waals surface area contributed by atoms with Gasteiger partial charge in [0, 0.05) is 5.54 Å². The predicted octanol–water partition coefficient (Wildman–Crippen LogP) is 1.78. The van der Waals surface area contributed by atoms with E-state index in [1.807, 2.05) is 0 Å². The second-order valence-electron chi connectivity index (χ2n) is 4.78. The second kappa shape index (κ2) is 4.43. The van der Waals surface area contributed by atoms with Crippen molar-refractivity contribution in [2.24, 2.45) is 11.8 Å². The van der Waals surface area contributed by atoms with Crippen molar-refractivity contribution in [2.45, 2.75) is 45.6 Å². The highest BCUT2D eigenvalue weighted by Gasteiger charge is 2.43. The van der Waals surface area contributed by atoms with Crippen molar-refractivity contribution in [3.63, 3.8) is 0 Å². The van der Waals surface area contributed by atoms with Crippen LogP contribution in [0.1, 0.15) is 40.0 Å². The molecule has 1 aliphatic carbocycles. The van der Waals surface area contributed by atoms with E-state index in [0.717, 1.165) is 37.6 Å². The van der Waals surface area contributed by atoms with Crippen LogP contribution in [0.25, 0.3) is 0 Å². The Hall–Kier alpha value is -0.0800. The van der Waals surface area contributed by atoms with Gasteiger partial charge in [0.1, 0.15) is 0 Å². The van der Waals surface area contributed by atoms with Gasteiger partial charge in [-0.15, -0.1) is 0 Å². The molecule has 0 spiro atoms. The van der Waals surface area contributed by atoms with E-state index in [-0.39, 0.29) is 5.54 Å². The van der Waals surface area contributed by atoms with E-state index in [1.54, 1.807) is 0 Å². The lowest BCUT2D eigenvalue weighted by molar-refractivity contribution is 0.0192. The summed E-state index contributed by atoms with van der Waals surface area (Å²) in [6.07, 6.45) is 3.45. The molecule has 0 amide bonds. The number of aliphatic hydroxyl groups is 1. The molecule has 0 aromatic rings. The first-order valence-electron chi connectivity index (χ1n) is 5.49. The maximum Gasteiger partial charge on any atom is 0.0613 e. The topological polar surface area (TPSA) is 32.3 Å². The average Bonchev–Trinajstić information content (AvgIpc) is 2.03. The fraction of sp³-hybridized carbons (Fsp3) is 1.00. The van der Waals surface area contributed by atoms with Crippen LogP contribution in [0.2, 0.25) is 0 Å². The minimum absolute atomic E-state index is 0.0744. The van der Waals surface area contributed by atoms with Crippen molar-refractivity contribution in [1.29, 1.82) is 0 Å². The van der Waals surface area contributed by atoms with E-state index < -0.39 is 0 Å². The van der Waals surface area contributed by atoms with Crippen LogP contribution in [0.4, 0.5) is 0 Å². The molecule has 0 bridgehead atoms. The summed E-state index contributed by atoms with van der Waals surface area (Å²) >= 11 is 0.